The molecule has 1 aliphatic heterocycles. The topological polar surface area (TPSA) is 124 Å². The zero-order chi connectivity index (χ0) is 30.4. The summed E-state index contributed by atoms with van der Waals surface area (Å²) in [6.45, 7) is 2.26. The molecule has 1 unspecified atom stereocenters. The number of fused-ring (bicyclic) bond motifs is 1. The van der Waals surface area contributed by atoms with E-state index in [1.807, 2.05) is 0 Å². The molecule has 13 heteroatoms. The Balaban J connectivity index is 1.42. The first-order chi connectivity index (χ1) is 20.1. The molecule has 3 amide bonds. The molecular weight excluding hydrogens is 588 g/mol. The van der Waals surface area contributed by atoms with E-state index >= 15 is 0 Å². The first-order valence-corrected chi connectivity index (χ1v) is 13.6. The largest absolute Gasteiger partial charge is 0.454 e. The molecule has 0 bridgehead atoms. The van der Waals surface area contributed by atoms with Gasteiger partial charge in [0.05, 0.1) is 28.4 Å². The predicted octanol–water partition coefficient (Wildman–Crippen LogP) is 5.55. The Kier molecular flexibility index (Phi) is 9.85. The lowest BCUT2D eigenvalue weighted by Gasteiger charge is -2.29. The highest BCUT2D eigenvalue weighted by atomic mass is 35.5. The molecule has 1 heterocycles. The summed E-state index contributed by atoms with van der Waals surface area (Å²) in [7, 11) is 1.20. The van der Waals surface area contributed by atoms with Gasteiger partial charge < -0.3 is 19.8 Å². The summed E-state index contributed by atoms with van der Waals surface area (Å²) < 4.78 is 24.8. The summed E-state index contributed by atoms with van der Waals surface area (Å²) in [4.78, 5) is 39.6. The minimum Gasteiger partial charge on any atom is -0.454 e. The molecule has 0 fully saturated rings. The molecule has 3 aromatic carbocycles. The zero-order valence-corrected chi connectivity index (χ0v) is 24.1. The van der Waals surface area contributed by atoms with Gasteiger partial charge in [-0.2, -0.15) is 5.26 Å². The van der Waals surface area contributed by atoms with Crippen LogP contribution in [0.4, 0.5) is 14.9 Å². The average Bonchev–Trinajstić information content (AvgIpc) is 2.97. The predicted molar refractivity (Wildman–Crippen MR) is 154 cm³/mol. The number of ether oxygens (including phenoxy) is 2. The van der Waals surface area contributed by atoms with Gasteiger partial charge in [-0.15, -0.1) is 0 Å². The van der Waals surface area contributed by atoms with Crippen molar-refractivity contribution in [3.63, 3.8) is 0 Å². The first kappa shape index (κ1) is 30.6. The van der Waals surface area contributed by atoms with Gasteiger partial charge in [0.15, 0.2) is 11.8 Å². The number of benzene rings is 3. The van der Waals surface area contributed by atoms with Gasteiger partial charge in [-0.05, 0) is 55.3 Å². The maximum atomic E-state index is 14.1. The second-order valence-corrected chi connectivity index (χ2v) is 10.0. The third-order valence-corrected chi connectivity index (χ3v) is 6.95. The lowest BCUT2D eigenvalue weighted by molar-refractivity contribution is -0.129. The van der Waals surface area contributed by atoms with Crippen molar-refractivity contribution in [2.45, 2.75) is 25.9 Å². The highest BCUT2D eigenvalue weighted by Gasteiger charge is 2.28. The number of nitriles is 1. The fraction of sp³-hybridized carbons (Fsp3) is 0.241. The SMILES string of the molecule is CCOC(=O)N(C)C(=O)C(C#N)NNc1cc(Cl)c(Oc2ccc3c(c2)CCN(Cc2ccccc2F)C3=O)c(Cl)c1. The number of anilines is 1. The number of nitrogens with one attached hydrogen (secondary N) is 2. The summed E-state index contributed by atoms with van der Waals surface area (Å²) in [6.07, 6.45) is -0.337. The van der Waals surface area contributed by atoms with Gasteiger partial charge in [0.25, 0.3) is 11.8 Å². The number of rotatable bonds is 9. The second-order valence-electron chi connectivity index (χ2n) is 9.19. The van der Waals surface area contributed by atoms with Gasteiger partial charge >= 0.3 is 6.09 Å². The van der Waals surface area contributed by atoms with E-state index in [1.165, 1.54) is 25.2 Å². The first-order valence-electron chi connectivity index (χ1n) is 12.8. The summed E-state index contributed by atoms with van der Waals surface area (Å²) in [6, 6.07) is 14.6. The van der Waals surface area contributed by atoms with Crippen LogP contribution in [0.15, 0.2) is 54.6 Å². The number of halogens is 3. The van der Waals surface area contributed by atoms with Crippen LogP contribution < -0.4 is 15.6 Å². The van der Waals surface area contributed by atoms with Crippen LogP contribution in [0.3, 0.4) is 0 Å². The lowest BCUT2D eigenvalue weighted by Crippen LogP contribution is -2.48. The molecule has 0 aromatic heterocycles. The van der Waals surface area contributed by atoms with Gasteiger partial charge in [-0.1, -0.05) is 41.4 Å². The molecule has 2 N–H and O–H groups in total. The van der Waals surface area contributed by atoms with E-state index in [1.54, 1.807) is 54.3 Å². The minimum atomic E-state index is -1.42. The van der Waals surface area contributed by atoms with Crippen LogP contribution in [0, 0.1) is 17.1 Å². The molecule has 4 rings (SSSR count). The van der Waals surface area contributed by atoms with Crippen LogP contribution in [-0.4, -0.2) is 53.9 Å². The van der Waals surface area contributed by atoms with Crippen LogP contribution in [0.1, 0.15) is 28.4 Å². The third kappa shape index (κ3) is 6.91. The van der Waals surface area contributed by atoms with Crippen LogP contribution in [0.2, 0.25) is 10.0 Å². The molecule has 10 nitrogen and oxygen atoms in total. The summed E-state index contributed by atoms with van der Waals surface area (Å²) in [5.41, 5.74) is 7.25. The normalized spacial score (nSPS) is 13.0. The number of likely N-dealkylation sites (N-methyl/N-ethyl adjacent to an activating group) is 1. The number of nitrogens with zero attached hydrogens (tertiary/aromatic N) is 3. The van der Waals surface area contributed by atoms with Gasteiger partial charge in [0.2, 0.25) is 0 Å². The number of amides is 3. The zero-order valence-electron chi connectivity index (χ0n) is 22.6. The Morgan fingerprint density at radius 3 is 2.55 bits per heavy atom. The number of hydrazine groups is 1. The number of hydrogen-bond acceptors (Lipinski definition) is 8. The molecule has 3 aromatic rings. The molecule has 1 atom stereocenters. The molecule has 42 heavy (non-hydrogen) atoms. The Morgan fingerprint density at radius 2 is 1.88 bits per heavy atom. The van der Waals surface area contributed by atoms with Crippen molar-refractivity contribution in [2.24, 2.45) is 0 Å². The Labute approximate surface area is 251 Å². The van der Waals surface area contributed by atoms with E-state index in [0.717, 1.165) is 5.56 Å². The molecular formula is C29H26Cl2FN5O5. The minimum absolute atomic E-state index is 0.0734. The van der Waals surface area contributed by atoms with Gasteiger partial charge in [0, 0.05) is 31.3 Å². The maximum absolute atomic E-state index is 14.1. The third-order valence-electron chi connectivity index (χ3n) is 6.39. The van der Waals surface area contributed by atoms with Crippen LogP contribution >= 0.6 is 23.2 Å². The van der Waals surface area contributed by atoms with Crippen LogP contribution in [0.5, 0.6) is 11.5 Å². The quantitative estimate of drug-likeness (QED) is 0.301. The smallest absolute Gasteiger partial charge is 0.416 e. The highest BCUT2D eigenvalue weighted by Crippen LogP contribution is 2.39. The van der Waals surface area contributed by atoms with Gasteiger partial charge in [0.1, 0.15) is 11.6 Å². The average molecular weight is 614 g/mol. The van der Waals surface area contributed by atoms with Crippen LogP contribution in [0.25, 0.3) is 0 Å². The maximum Gasteiger partial charge on any atom is 0.416 e. The number of hydrogen-bond donors (Lipinski definition) is 2. The van der Waals surface area contributed by atoms with E-state index in [2.05, 4.69) is 10.9 Å². The summed E-state index contributed by atoms with van der Waals surface area (Å²) in [5, 5.41) is 9.63. The summed E-state index contributed by atoms with van der Waals surface area (Å²) >= 11 is 12.9. The highest BCUT2D eigenvalue weighted by molar-refractivity contribution is 6.37. The van der Waals surface area contributed by atoms with E-state index in [4.69, 9.17) is 32.7 Å². The van der Waals surface area contributed by atoms with Gasteiger partial charge in [-0.3, -0.25) is 9.59 Å². The van der Waals surface area contributed by atoms with Crippen molar-refractivity contribution in [3.8, 4) is 17.6 Å². The van der Waals surface area contributed by atoms with E-state index in [9.17, 15) is 24.0 Å². The fourth-order valence-corrected chi connectivity index (χ4v) is 4.78. The number of carbonyl (C=O) groups is 3. The second kappa shape index (κ2) is 13.5. The molecule has 1 aliphatic rings. The Morgan fingerprint density at radius 1 is 1.17 bits per heavy atom. The Bertz CT molecular complexity index is 1540. The van der Waals surface area contributed by atoms with Crippen molar-refractivity contribution >= 4 is 46.8 Å². The van der Waals surface area contributed by atoms with E-state index < -0.39 is 18.0 Å². The molecule has 0 saturated carbocycles. The Hall–Kier alpha value is -4.37. The van der Waals surface area contributed by atoms with Crippen molar-refractivity contribution in [1.82, 2.24) is 15.2 Å². The van der Waals surface area contributed by atoms with Crippen molar-refractivity contribution < 1.29 is 28.2 Å². The van der Waals surface area contributed by atoms with Crippen molar-refractivity contribution in [1.29, 1.82) is 5.26 Å². The number of carbonyl (C=O) groups excluding carboxylic acids is 3. The molecule has 218 valence electrons. The molecule has 0 radical (unpaired) electrons. The standard InChI is InChI=1S/C29H26Cl2FN5O5/c1-3-41-29(40)36(2)28(39)25(15-33)35-34-19-13-22(30)26(23(31)14-19)42-20-8-9-21-17(12-20)10-11-37(27(21)38)16-18-6-4-5-7-24(18)32/h4-9,12-14,25,34-35H,3,10-11,16H2,1-2H3. The molecule has 0 spiro atoms. The van der Waals surface area contributed by atoms with Crippen LogP contribution in [-0.2, 0) is 22.5 Å². The van der Waals surface area contributed by atoms with Crippen molar-refractivity contribution in [2.75, 3.05) is 25.6 Å². The molecule has 0 saturated heterocycles. The van der Waals surface area contributed by atoms with E-state index in [0.29, 0.717) is 40.4 Å². The fourth-order valence-electron chi connectivity index (χ4n) is 4.22. The monoisotopic (exact) mass is 613 g/mol. The van der Waals surface area contributed by atoms with Crippen molar-refractivity contribution in [3.05, 3.63) is 87.2 Å². The van der Waals surface area contributed by atoms with E-state index in [-0.39, 0.29) is 40.7 Å². The van der Waals surface area contributed by atoms with Gasteiger partial charge in [-0.25, -0.2) is 19.5 Å². The molecule has 0 aliphatic carbocycles. The number of imide groups is 1. The summed E-state index contributed by atoms with van der Waals surface area (Å²) in [5.74, 6) is -0.828. The lowest BCUT2D eigenvalue weighted by atomic mass is 9.98.